The topological polar surface area (TPSA) is 39.1 Å². The maximum Gasteiger partial charge on any atom is 0.133 e. The molecule has 0 spiro atoms. The maximum absolute atomic E-state index is 5.23. The molecule has 2 aromatic rings. The SMILES string of the molecule is CCc1nn(C)cc1CNCc1ccc(OC)c(Br)c1. The largest absolute Gasteiger partial charge is 0.496 e. The molecular formula is C15H20BrN3O. The van der Waals surface area contributed by atoms with Gasteiger partial charge in [-0.1, -0.05) is 13.0 Å². The molecule has 108 valence electrons. The molecule has 1 aromatic carbocycles. The molecule has 0 saturated carbocycles. The van der Waals surface area contributed by atoms with Crippen molar-refractivity contribution in [1.82, 2.24) is 15.1 Å². The molecule has 5 heteroatoms. The second-order valence-corrected chi connectivity index (χ2v) is 5.56. The summed E-state index contributed by atoms with van der Waals surface area (Å²) in [5, 5.41) is 7.90. The van der Waals surface area contributed by atoms with E-state index in [4.69, 9.17) is 4.74 Å². The second-order valence-electron chi connectivity index (χ2n) is 4.70. The molecule has 4 nitrogen and oxygen atoms in total. The molecule has 0 unspecified atom stereocenters. The second kappa shape index (κ2) is 6.90. The van der Waals surface area contributed by atoms with Crippen molar-refractivity contribution >= 4 is 15.9 Å². The number of halogens is 1. The van der Waals surface area contributed by atoms with E-state index in [1.54, 1.807) is 7.11 Å². The molecule has 0 aliphatic rings. The van der Waals surface area contributed by atoms with Gasteiger partial charge in [-0.05, 0) is 40.0 Å². The van der Waals surface area contributed by atoms with Crippen LogP contribution < -0.4 is 10.1 Å². The highest BCUT2D eigenvalue weighted by Crippen LogP contribution is 2.25. The van der Waals surface area contributed by atoms with E-state index < -0.39 is 0 Å². The number of aryl methyl sites for hydroxylation is 2. The van der Waals surface area contributed by atoms with Gasteiger partial charge < -0.3 is 10.1 Å². The number of methoxy groups -OCH3 is 1. The van der Waals surface area contributed by atoms with Gasteiger partial charge in [0, 0.05) is 31.9 Å². The minimum atomic E-state index is 0.820. The minimum Gasteiger partial charge on any atom is -0.496 e. The molecule has 0 atom stereocenters. The van der Waals surface area contributed by atoms with Gasteiger partial charge in [-0.15, -0.1) is 0 Å². The molecule has 1 aromatic heterocycles. The van der Waals surface area contributed by atoms with Crippen LogP contribution in [0.1, 0.15) is 23.7 Å². The third-order valence-corrected chi connectivity index (χ3v) is 3.81. The highest BCUT2D eigenvalue weighted by molar-refractivity contribution is 9.10. The van der Waals surface area contributed by atoms with Gasteiger partial charge in [0.2, 0.25) is 0 Å². The summed E-state index contributed by atoms with van der Waals surface area (Å²) in [6.07, 6.45) is 3.04. The van der Waals surface area contributed by atoms with E-state index in [1.807, 2.05) is 17.8 Å². The summed E-state index contributed by atoms with van der Waals surface area (Å²) in [4.78, 5) is 0. The van der Waals surface area contributed by atoms with E-state index in [2.05, 4.69) is 51.6 Å². The van der Waals surface area contributed by atoms with E-state index in [-0.39, 0.29) is 0 Å². The first-order chi connectivity index (χ1) is 9.63. The van der Waals surface area contributed by atoms with Crippen molar-refractivity contribution in [2.75, 3.05) is 7.11 Å². The first-order valence-electron chi connectivity index (χ1n) is 6.68. The van der Waals surface area contributed by atoms with Crippen molar-refractivity contribution in [1.29, 1.82) is 0 Å². The van der Waals surface area contributed by atoms with Gasteiger partial charge in [0.1, 0.15) is 5.75 Å². The lowest BCUT2D eigenvalue weighted by atomic mass is 10.2. The highest BCUT2D eigenvalue weighted by atomic mass is 79.9. The first kappa shape index (κ1) is 15.1. The number of ether oxygens (including phenoxy) is 1. The third kappa shape index (κ3) is 3.61. The van der Waals surface area contributed by atoms with Crippen molar-refractivity contribution in [3.05, 3.63) is 45.7 Å². The van der Waals surface area contributed by atoms with E-state index in [0.717, 1.165) is 35.4 Å². The predicted octanol–water partition coefficient (Wildman–Crippen LogP) is 3.04. The molecular weight excluding hydrogens is 318 g/mol. The molecule has 0 bridgehead atoms. The maximum atomic E-state index is 5.23. The number of nitrogens with one attached hydrogen (secondary N) is 1. The Morgan fingerprint density at radius 2 is 2.15 bits per heavy atom. The van der Waals surface area contributed by atoms with Crippen LogP contribution in [-0.2, 0) is 26.6 Å². The summed E-state index contributed by atoms with van der Waals surface area (Å²) >= 11 is 3.50. The molecule has 20 heavy (non-hydrogen) atoms. The predicted molar refractivity (Wildman–Crippen MR) is 83.8 cm³/mol. The molecule has 2 rings (SSSR count). The summed E-state index contributed by atoms with van der Waals surface area (Å²) in [7, 11) is 3.63. The number of aromatic nitrogens is 2. The minimum absolute atomic E-state index is 0.820. The van der Waals surface area contributed by atoms with E-state index in [1.165, 1.54) is 11.1 Å². The van der Waals surface area contributed by atoms with Crippen molar-refractivity contribution < 1.29 is 4.74 Å². The Bertz CT molecular complexity index is 580. The zero-order valence-electron chi connectivity index (χ0n) is 12.1. The summed E-state index contributed by atoms with van der Waals surface area (Å²) in [5.74, 6) is 0.856. The standard InChI is InChI=1S/C15H20BrN3O/c1-4-14-12(10-19(2)18-14)9-17-8-11-5-6-15(20-3)13(16)7-11/h5-7,10,17H,4,8-9H2,1-3H3. The van der Waals surface area contributed by atoms with Gasteiger partial charge in [0.25, 0.3) is 0 Å². The van der Waals surface area contributed by atoms with Crippen molar-refractivity contribution in [2.24, 2.45) is 7.05 Å². The number of nitrogens with zero attached hydrogens (tertiary/aromatic N) is 2. The van der Waals surface area contributed by atoms with Gasteiger partial charge in [-0.2, -0.15) is 5.10 Å². The van der Waals surface area contributed by atoms with Gasteiger partial charge in [0.05, 0.1) is 17.3 Å². The fourth-order valence-corrected chi connectivity index (χ4v) is 2.78. The fourth-order valence-electron chi connectivity index (χ4n) is 2.19. The van der Waals surface area contributed by atoms with Crippen LogP contribution in [0.4, 0.5) is 0 Å². The van der Waals surface area contributed by atoms with Crippen molar-refractivity contribution in [2.45, 2.75) is 26.4 Å². The molecule has 0 amide bonds. The quantitative estimate of drug-likeness (QED) is 0.880. The Labute approximate surface area is 128 Å². The molecule has 0 aliphatic heterocycles. The van der Waals surface area contributed by atoms with Gasteiger partial charge in [-0.3, -0.25) is 4.68 Å². The van der Waals surface area contributed by atoms with Crippen LogP contribution in [-0.4, -0.2) is 16.9 Å². The normalized spacial score (nSPS) is 10.8. The Morgan fingerprint density at radius 1 is 1.35 bits per heavy atom. The van der Waals surface area contributed by atoms with Crippen LogP contribution in [0.3, 0.4) is 0 Å². The average molecular weight is 338 g/mol. The number of hydrogen-bond acceptors (Lipinski definition) is 3. The zero-order chi connectivity index (χ0) is 14.5. The molecule has 1 heterocycles. The summed E-state index contributed by atoms with van der Waals surface area (Å²) in [6.45, 7) is 3.79. The van der Waals surface area contributed by atoms with Crippen LogP contribution in [0, 0.1) is 0 Å². The van der Waals surface area contributed by atoms with E-state index in [0.29, 0.717) is 0 Å². The number of benzene rings is 1. The first-order valence-corrected chi connectivity index (χ1v) is 7.47. The monoisotopic (exact) mass is 337 g/mol. The number of hydrogen-bond donors (Lipinski definition) is 1. The Balaban J connectivity index is 1.94. The Morgan fingerprint density at radius 3 is 2.80 bits per heavy atom. The summed E-state index contributed by atoms with van der Waals surface area (Å²) in [6, 6.07) is 6.12. The lowest BCUT2D eigenvalue weighted by Gasteiger charge is -2.08. The fraction of sp³-hybridized carbons (Fsp3) is 0.400. The van der Waals surface area contributed by atoms with Gasteiger partial charge in [-0.25, -0.2) is 0 Å². The molecule has 0 radical (unpaired) electrons. The van der Waals surface area contributed by atoms with Gasteiger partial charge >= 0.3 is 0 Å². The Hall–Kier alpha value is -1.33. The number of rotatable bonds is 6. The van der Waals surface area contributed by atoms with Crippen LogP contribution in [0.25, 0.3) is 0 Å². The Kier molecular flexibility index (Phi) is 5.20. The smallest absolute Gasteiger partial charge is 0.133 e. The van der Waals surface area contributed by atoms with Crippen LogP contribution in [0.2, 0.25) is 0 Å². The zero-order valence-corrected chi connectivity index (χ0v) is 13.7. The summed E-state index contributed by atoms with van der Waals surface area (Å²) in [5.41, 5.74) is 3.65. The van der Waals surface area contributed by atoms with Crippen LogP contribution in [0.5, 0.6) is 5.75 Å². The lowest BCUT2D eigenvalue weighted by Crippen LogP contribution is -2.13. The van der Waals surface area contributed by atoms with E-state index >= 15 is 0 Å². The highest BCUT2D eigenvalue weighted by Gasteiger charge is 2.06. The average Bonchev–Trinajstić information content (AvgIpc) is 2.79. The molecule has 0 fully saturated rings. The van der Waals surface area contributed by atoms with Crippen LogP contribution in [0.15, 0.2) is 28.9 Å². The third-order valence-electron chi connectivity index (χ3n) is 3.19. The van der Waals surface area contributed by atoms with E-state index in [9.17, 15) is 0 Å². The van der Waals surface area contributed by atoms with Gasteiger partial charge in [0.15, 0.2) is 0 Å². The molecule has 1 N–H and O–H groups in total. The summed E-state index contributed by atoms with van der Waals surface area (Å²) < 4.78 is 8.08. The molecule has 0 aliphatic carbocycles. The van der Waals surface area contributed by atoms with Crippen LogP contribution >= 0.6 is 15.9 Å². The molecule has 0 saturated heterocycles. The van der Waals surface area contributed by atoms with Crippen molar-refractivity contribution in [3.8, 4) is 5.75 Å². The van der Waals surface area contributed by atoms with Crippen molar-refractivity contribution in [3.63, 3.8) is 0 Å². The lowest BCUT2D eigenvalue weighted by molar-refractivity contribution is 0.412.